The lowest BCUT2D eigenvalue weighted by atomic mass is 9.85. The number of likely N-dealkylation sites (N-methyl/N-ethyl adjacent to an activating group) is 2. The maximum Gasteiger partial charge on any atom is 0.411 e. The number of cyclic esters (lactones) is 1. The molecule has 2 aromatic carbocycles. The molecule has 3 aliphatic heterocycles. The molecule has 602 valence electrons. The van der Waals surface area contributed by atoms with Crippen LogP contribution in [0, 0.1) is 17.8 Å². The Morgan fingerprint density at radius 3 is 2.23 bits per heavy atom. The quantitative estimate of drug-likeness (QED) is 0.0116. The minimum Gasteiger partial charge on any atom is -0.508 e. The van der Waals surface area contributed by atoms with Gasteiger partial charge in [-0.3, -0.25) is 33.3 Å². The molecule has 111 heavy (non-hydrogen) atoms. The molecule has 6 aromatic rings. The number of hydrogen-bond donors (Lipinski definition) is 9. The molecule has 0 aliphatic carbocycles. The van der Waals surface area contributed by atoms with Gasteiger partial charge in [0.25, 0.3) is 15.7 Å². The first-order valence-corrected chi connectivity index (χ1v) is 38.1. The van der Waals surface area contributed by atoms with E-state index in [4.69, 9.17) is 38.1 Å². The summed E-state index contributed by atoms with van der Waals surface area (Å²) < 4.78 is 76.4. The lowest BCUT2D eigenvalue weighted by Gasteiger charge is -2.38. The Morgan fingerprint density at radius 1 is 0.829 bits per heavy atom. The van der Waals surface area contributed by atoms with Gasteiger partial charge in [-0.1, -0.05) is 47.6 Å². The number of aryl methyl sites for hydroxylation is 2. The van der Waals surface area contributed by atoms with E-state index in [0.717, 1.165) is 43.9 Å². The number of hydrogen-bond acceptors (Lipinski definition) is 26. The molecule has 7 heterocycles. The monoisotopic (exact) mass is 1570 g/mol. The van der Waals surface area contributed by atoms with E-state index < -0.39 is 154 Å². The molecule has 9 rings (SSSR count). The maximum absolute atomic E-state index is 14.3. The van der Waals surface area contributed by atoms with Gasteiger partial charge in [0, 0.05) is 112 Å². The van der Waals surface area contributed by atoms with Crippen molar-refractivity contribution >= 4 is 91.2 Å². The van der Waals surface area contributed by atoms with Crippen LogP contribution in [-0.2, 0) is 117 Å². The minimum absolute atomic E-state index is 0.00720. The molecule has 35 nitrogen and oxygen atoms in total. The van der Waals surface area contributed by atoms with Crippen molar-refractivity contribution < 1.29 is 115 Å². The molecule has 5 amide bonds. The van der Waals surface area contributed by atoms with Crippen LogP contribution in [0.5, 0.6) is 11.5 Å². The fourth-order valence-corrected chi connectivity index (χ4v) is 14.1. The third-order valence-corrected chi connectivity index (χ3v) is 20.6. The number of phenols is 1. The highest BCUT2D eigenvalue weighted by atomic mass is 32.2. The summed E-state index contributed by atoms with van der Waals surface area (Å²) in [5.41, 5.74) is 2.51. The van der Waals surface area contributed by atoms with Crippen LogP contribution < -0.4 is 26.2 Å². The third kappa shape index (κ3) is 20.6. The molecule has 1 saturated heterocycles. The number of phenolic OH excluding ortho intramolecular Hbond substituents is 1. The van der Waals surface area contributed by atoms with Gasteiger partial charge in [0.1, 0.15) is 54.5 Å². The predicted molar refractivity (Wildman–Crippen MR) is 396 cm³/mol. The Balaban J connectivity index is 0.739. The van der Waals surface area contributed by atoms with Gasteiger partial charge in [0.15, 0.2) is 11.9 Å². The molecule has 4 aromatic heterocycles. The number of carbonyl (C=O) groups is 9. The lowest BCUT2D eigenvalue weighted by Crippen LogP contribution is -2.61. The molecule has 0 unspecified atom stereocenters. The lowest BCUT2D eigenvalue weighted by molar-refractivity contribution is -0.271. The zero-order chi connectivity index (χ0) is 80.9. The normalized spacial score (nSPS) is 18.8. The van der Waals surface area contributed by atoms with E-state index >= 15 is 0 Å². The van der Waals surface area contributed by atoms with E-state index in [1.807, 2.05) is 43.7 Å². The van der Waals surface area contributed by atoms with Crippen LogP contribution in [-0.4, -0.2) is 242 Å². The number of carbonyl (C=O) groups excluding carboxylic acids is 8. The van der Waals surface area contributed by atoms with Gasteiger partial charge >= 0.3 is 24.1 Å². The summed E-state index contributed by atoms with van der Waals surface area (Å²) in [6.45, 7) is 10.7. The van der Waals surface area contributed by atoms with Gasteiger partial charge in [-0.15, -0.1) is 0 Å². The van der Waals surface area contributed by atoms with Crippen molar-refractivity contribution in [1.29, 1.82) is 0 Å². The van der Waals surface area contributed by atoms with Crippen molar-refractivity contribution in [2.75, 3.05) is 84.8 Å². The van der Waals surface area contributed by atoms with E-state index in [1.54, 1.807) is 45.2 Å². The number of anilines is 1. The number of benzene rings is 2. The number of aliphatic hydroxyl groups is 3. The van der Waals surface area contributed by atoms with Crippen LogP contribution in [0.25, 0.3) is 33.3 Å². The number of aromatic hydroxyl groups is 1. The van der Waals surface area contributed by atoms with Gasteiger partial charge < -0.3 is 98.5 Å². The number of aliphatic carboxylic acids is 1. The Kier molecular flexibility index (Phi) is 28.6. The summed E-state index contributed by atoms with van der Waals surface area (Å²) in [7, 11) is 0.0382. The van der Waals surface area contributed by atoms with Gasteiger partial charge in [-0.25, -0.2) is 29.1 Å². The number of amides is 5. The van der Waals surface area contributed by atoms with E-state index in [9.17, 15) is 86.4 Å². The van der Waals surface area contributed by atoms with E-state index in [2.05, 4.69) is 25.8 Å². The smallest absolute Gasteiger partial charge is 0.411 e. The number of nitrogens with zero attached hydrogens (tertiary/aromatic N) is 7. The van der Waals surface area contributed by atoms with Crippen molar-refractivity contribution in [3.63, 3.8) is 0 Å². The van der Waals surface area contributed by atoms with E-state index in [1.165, 1.54) is 49.9 Å². The molecule has 0 bridgehead atoms. The van der Waals surface area contributed by atoms with Crippen LogP contribution in [0.15, 0.2) is 71.7 Å². The number of ketones is 2. The number of carboxylic acids is 1. The highest BCUT2D eigenvalue weighted by Gasteiger charge is 2.52. The summed E-state index contributed by atoms with van der Waals surface area (Å²) in [4.78, 5) is 149. The topological polar surface area (TPSA) is 472 Å². The number of nitrogens with one attached hydrogen (secondary N) is 3. The number of ether oxygens (including phenoxy) is 7. The van der Waals surface area contributed by atoms with Crippen LogP contribution in [0.3, 0.4) is 0 Å². The number of fused-ring (bicyclic) bond motifs is 6. The van der Waals surface area contributed by atoms with Crippen molar-refractivity contribution in [3.05, 3.63) is 111 Å². The second kappa shape index (κ2) is 37.3. The standard InChI is InChI=1S/C75H96N10O25S/c1-10-49-50-34-47(86)16-18-54(50)78-61-51(49)37-85-56(61)35-53-52(69(85)95)39-106-72(98)75(53,11-2)110-74(100)83(9)25-24-82(8)73(99)107-38-43-15-17-55(58(31-43)108-71-64(92)62(90)63(91)65(109-71)70(96)97)79-67(93)42(6)30-57(88)60(41(4)5)80-59(89)20-26-104-28-29-105-27-22-77-68(94)45(40-111(101,102)103)33-48(87)19-23-84-46(36-81(7)12-3)32-44-14-13-21-76-66(44)84/h13-18,21,31-32,34-35,41-42,45,60,62-65,71,86,90-92H,10-12,19-20,22-30,33,36-40H2,1-9H3,(H,77,94)(H,79,93)(H,80,89)(H,96,97)(H,101,102,103)/t42-,45+,60+,62+,63+,64-,65+,71-,75+/m1/s1. The van der Waals surface area contributed by atoms with Crippen LogP contribution in [0.4, 0.5) is 15.3 Å². The highest BCUT2D eigenvalue weighted by molar-refractivity contribution is 7.85. The Labute approximate surface area is 639 Å². The zero-order valence-corrected chi connectivity index (χ0v) is 64.0. The number of carboxylic acid groups (broad SMARTS) is 1. The summed E-state index contributed by atoms with van der Waals surface area (Å²) in [5, 5.41) is 61.5. The van der Waals surface area contributed by atoms with Gasteiger partial charge in [0.05, 0.1) is 78.8 Å². The Bertz CT molecular complexity index is 4650. The fraction of sp³-hybridized carbons (Fsp3) is 0.520. The van der Waals surface area contributed by atoms with Crippen LogP contribution in [0.1, 0.15) is 107 Å². The van der Waals surface area contributed by atoms with Crippen molar-refractivity contribution in [3.8, 4) is 22.9 Å². The zero-order valence-electron chi connectivity index (χ0n) is 63.2. The van der Waals surface area contributed by atoms with Gasteiger partial charge in [-0.05, 0) is 98.1 Å². The molecule has 3 aliphatic rings. The summed E-state index contributed by atoms with van der Waals surface area (Å²) in [5.74, 6) is -9.78. The molecular weight excluding hydrogens is 1470 g/mol. The Morgan fingerprint density at radius 2 is 1.55 bits per heavy atom. The van der Waals surface area contributed by atoms with Crippen LogP contribution in [0.2, 0.25) is 0 Å². The largest absolute Gasteiger partial charge is 0.508 e. The molecule has 36 heteroatoms. The average molecular weight is 1570 g/mol. The first-order valence-electron chi connectivity index (χ1n) is 36.5. The molecular formula is C75H96N10O25S. The van der Waals surface area contributed by atoms with Crippen molar-refractivity contribution in [2.45, 2.75) is 155 Å². The minimum atomic E-state index is -4.65. The number of esters is 1. The van der Waals surface area contributed by atoms with Gasteiger partial charge in [-0.2, -0.15) is 8.42 Å². The van der Waals surface area contributed by atoms with Crippen molar-refractivity contribution in [2.24, 2.45) is 17.8 Å². The Hall–Kier alpha value is -10.0. The number of rotatable bonds is 38. The number of Topliss-reactive ketones (excluding diaryl/α,β-unsaturated/α-hetero) is 2. The van der Waals surface area contributed by atoms with E-state index in [0.29, 0.717) is 35.5 Å². The summed E-state index contributed by atoms with van der Waals surface area (Å²) >= 11 is 0. The molecule has 0 radical (unpaired) electrons. The first-order chi connectivity index (χ1) is 52.7. The molecule has 9 atom stereocenters. The van der Waals surface area contributed by atoms with Gasteiger partial charge in [0.2, 0.25) is 29.6 Å². The molecule has 0 saturated carbocycles. The van der Waals surface area contributed by atoms with Crippen molar-refractivity contribution in [1.82, 2.24) is 44.4 Å². The maximum atomic E-state index is 14.3. The summed E-state index contributed by atoms with van der Waals surface area (Å²) in [6.07, 6.45) is -11.2. The first kappa shape index (κ1) is 85.0. The summed E-state index contributed by atoms with van der Waals surface area (Å²) in [6, 6.07) is 15.0. The van der Waals surface area contributed by atoms with E-state index in [-0.39, 0.29) is 119 Å². The number of aliphatic hydroxyl groups excluding tert-OH is 3. The molecule has 0 spiro atoms. The fourth-order valence-electron chi connectivity index (χ4n) is 13.3. The second-order valence-corrected chi connectivity index (χ2v) is 29.6. The second-order valence-electron chi connectivity index (χ2n) is 28.1. The van der Waals surface area contributed by atoms with Crippen LogP contribution >= 0.6 is 0 Å². The highest BCUT2D eigenvalue weighted by Crippen LogP contribution is 2.43. The SMILES string of the molecule is CCc1c2c(nc3ccc(O)cc13)-c1cc3c(c(=O)n1C2)COC(=O)[C@@]3(CC)OC(=O)N(C)CCN(C)C(=O)OCc1ccc(NC(=O)[C@H](C)CC(=O)[C@@H](NC(=O)CCOCCOCCNC(=O)[C@@H](CC(=O)CCn2c(CN(C)CC)cc3cccnc32)CS(=O)(=O)O)C(C)C)c(O[C@@H]2O[C@H](C(=O)O)[C@@H](O)[C@H](O)[C@H]2O)c1. The molecule has 1 fully saturated rings. The predicted octanol–water partition coefficient (Wildman–Crippen LogP) is 3.53. The molecule has 9 N–H and O–H groups in total. The number of aromatic nitrogens is 4. The average Bonchev–Trinajstić information content (AvgIpc) is 1.63. The third-order valence-electron chi connectivity index (χ3n) is 19.7. The number of pyridine rings is 3.